The van der Waals surface area contributed by atoms with Crippen LogP contribution in [0.5, 0.6) is 0 Å². The molecule has 0 saturated heterocycles. The van der Waals surface area contributed by atoms with Crippen molar-refractivity contribution < 1.29 is 14.7 Å². The van der Waals surface area contributed by atoms with Gasteiger partial charge in [0.1, 0.15) is 13.1 Å². The van der Waals surface area contributed by atoms with Crippen molar-refractivity contribution in [3.05, 3.63) is 45.5 Å². The van der Waals surface area contributed by atoms with Gasteiger partial charge in [0.05, 0.1) is 0 Å². The number of carbonyl (C=O) groups is 2. The van der Waals surface area contributed by atoms with Gasteiger partial charge in [0.2, 0.25) is 5.91 Å². The van der Waals surface area contributed by atoms with Gasteiger partial charge in [0.25, 0.3) is 11.1 Å². The summed E-state index contributed by atoms with van der Waals surface area (Å²) in [5.74, 6) is -1.78. The Morgan fingerprint density at radius 1 is 1.42 bits per heavy atom. The van der Waals surface area contributed by atoms with E-state index in [9.17, 15) is 19.2 Å². The number of hydrogen-bond donors (Lipinski definition) is 2. The van der Waals surface area contributed by atoms with Crippen LogP contribution in [0.1, 0.15) is 0 Å². The highest BCUT2D eigenvalue weighted by molar-refractivity contribution is 5.81. The van der Waals surface area contributed by atoms with Gasteiger partial charge < -0.3 is 10.0 Å². The fourth-order valence-electron chi connectivity index (χ4n) is 1.39. The molecular weight excluding hydrogens is 254 g/mol. The summed E-state index contributed by atoms with van der Waals surface area (Å²) in [6.07, 6.45) is 1.37. The first-order valence-corrected chi connectivity index (χ1v) is 5.34. The van der Waals surface area contributed by atoms with Gasteiger partial charge in [-0.15, -0.1) is 6.58 Å². The van der Waals surface area contributed by atoms with Gasteiger partial charge in [-0.1, -0.05) is 6.08 Å². The molecule has 8 heteroatoms. The molecule has 8 nitrogen and oxygen atoms in total. The number of carboxylic acid groups (broad SMARTS) is 1. The zero-order valence-corrected chi connectivity index (χ0v) is 10.0. The van der Waals surface area contributed by atoms with Gasteiger partial charge >= 0.3 is 5.97 Å². The van der Waals surface area contributed by atoms with Crippen molar-refractivity contribution in [2.75, 3.05) is 13.1 Å². The molecule has 1 amide bonds. The smallest absolute Gasteiger partial charge is 0.323 e. The van der Waals surface area contributed by atoms with E-state index in [1.807, 2.05) is 0 Å². The number of nitrogens with zero attached hydrogens (tertiary/aromatic N) is 2. The summed E-state index contributed by atoms with van der Waals surface area (Å²) in [7, 11) is 0. The highest BCUT2D eigenvalue weighted by Gasteiger charge is 2.16. The zero-order chi connectivity index (χ0) is 14.4. The Morgan fingerprint density at radius 2 is 2.11 bits per heavy atom. The number of hydrogen-bond acceptors (Lipinski definition) is 4. The molecule has 102 valence electrons. The molecule has 0 aliphatic carbocycles. The molecule has 0 saturated carbocycles. The van der Waals surface area contributed by atoms with Crippen molar-refractivity contribution in [1.82, 2.24) is 14.7 Å². The summed E-state index contributed by atoms with van der Waals surface area (Å²) in [6.45, 7) is 2.52. The number of aromatic nitrogens is 2. The highest BCUT2D eigenvalue weighted by atomic mass is 16.4. The van der Waals surface area contributed by atoms with E-state index in [0.717, 1.165) is 21.7 Å². The molecule has 1 heterocycles. The molecule has 0 aromatic carbocycles. The van der Waals surface area contributed by atoms with E-state index in [1.165, 1.54) is 6.08 Å². The third-order valence-electron chi connectivity index (χ3n) is 2.21. The first kappa shape index (κ1) is 14.4. The summed E-state index contributed by atoms with van der Waals surface area (Å²) in [6, 6.07) is 2.07. The van der Waals surface area contributed by atoms with Gasteiger partial charge in [-0.3, -0.25) is 24.3 Å². The third-order valence-corrected chi connectivity index (χ3v) is 2.21. The normalized spacial score (nSPS) is 9.89. The quantitative estimate of drug-likeness (QED) is 0.618. The molecule has 0 aliphatic rings. The SMILES string of the molecule is C=CCN(CC(=O)O)C(=O)Cn1[nH]c(=O)ccc1=O. The number of nitrogens with one attached hydrogen (secondary N) is 1. The van der Waals surface area contributed by atoms with E-state index in [4.69, 9.17) is 5.11 Å². The van der Waals surface area contributed by atoms with Gasteiger partial charge in [-0.2, -0.15) is 0 Å². The predicted molar refractivity (Wildman–Crippen MR) is 65.7 cm³/mol. The molecule has 1 aromatic rings. The van der Waals surface area contributed by atoms with Crippen molar-refractivity contribution >= 4 is 11.9 Å². The van der Waals surface area contributed by atoms with Crippen LogP contribution in [0.4, 0.5) is 0 Å². The Morgan fingerprint density at radius 3 is 2.68 bits per heavy atom. The van der Waals surface area contributed by atoms with Crippen molar-refractivity contribution in [1.29, 1.82) is 0 Å². The molecule has 0 aliphatic heterocycles. The number of carbonyl (C=O) groups excluding carboxylic acids is 1. The predicted octanol–water partition coefficient (Wildman–Crippen LogP) is -1.36. The maximum Gasteiger partial charge on any atom is 0.323 e. The number of amides is 1. The lowest BCUT2D eigenvalue weighted by atomic mass is 10.4. The van der Waals surface area contributed by atoms with E-state index >= 15 is 0 Å². The molecule has 2 N–H and O–H groups in total. The molecule has 0 atom stereocenters. The van der Waals surface area contributed by atoms with E-state index in [-0.39, 0.29) is 6.54 Å². The van der Waals surface area contributed by atoms with Crippen LogP contribution in [-0.4, -0.2) is 44.8 Å². The van der Waals surface area contributed by atoms with Crippen LogP contribution in [0.3, 0.4) is 0 Å². The third kappa shape index (κ3) is 4.26. The minimum Gasteiger partial charge on any atom is -0.480 e. The average Bonchev–Trinajstić information content (AvgIpc) is 2.32. The maximum absolute atomic E-state index is 11.8. The van der Waals surface area contributed by atoms with Crippen molar-refractivity contribution in [3.63, 3.8) is 0 Å². The Balaban J connectivity index is 2.89. The molecule has 1 aromatic heterocycles. The number of aromatic amines is 1. The van der Waals surface area contributed by atoms with E-state index in [2.05, 4.69) is 11.7 Å². The first-order valence-electron chi connectivity index (χ1n) is 5.34. The molecule has 1 rings (SSSR count). The molecule has 0 radical (unpaired) electrons. The molecule has 19 heavy (non-hydrogen) atoms. The van der Waals surface area contributed by atoms with Gasteiger partial charge in [-0.05, 0) is 0 Å². The lowest BCUT2D eigenvalue weighted by Crippen LogP contribution is -2.41. The minimum atomic E-state index is -1.18. The van der Waals surface area contributed by atoms with Gasteiger partial charge in [-0.25, -0.2) is 4.68 Å². The molecule has 0 fully saturated rings. The number of aliphatic carboxylic acids is 1. The van der Waals surface area contributed by atoms with Crippen LogP contribution in [-0.2, 0) is 16.1 Å². The fraction of sp³-hybridized carbons (Fsp3) is 0.273. The lowest BCUT2D eigenvalue weighted by molar-refractivity contribution is -0.144. The van der Waals surface area contributed by atoms with Crippen LogP contribution in [0, 0.1) is 0 Å². The standard InChI is InChI=1S/C11H13N3O5/c1-2-5-13(7-11(18)19)10(17)6-14-9(16)4-3-8(15)12-14/h2-4H,1,5-7H2,(H,12,15)(H,18,19). The second-order valence-electron chi connectivity index (χ2n) is 3.69. The molecule has 0 unspecified atom stereocenters. The highest BCUT2D eigenvalue weighted by Crippen LogP contribution is 1.92. The second-order valence-corrected chi connectivity index (χ2v) is 3.69. The Kier molecular flexibility index (Phi) is 4.81. The largest absolute Gasteiger partial charge is 0.480 e. The first-order chi connectivity index (χ1) is 8.93. The number of rotatable bonds is 6. The molecule has 0 bridgehead atoms. The summed E-state index contributed by atoms with van der Waals surface area (Å²) in [5.41, 5.74) is -1.08. The maximum atomic E-state index is 11.8. The molecule has 0 spiro atoms. The summed E-state index contributed by atoms with van der Waals surface area (Å²) in [5, 5.41) is 10.9. The topological polar surface area (TPSA) is 112 Å². The van der Waals surface area contributed by atoms with Crippen LogP contribution < -0.4 is 11.1 Å². The zero-order valence-electron chi connectivity index (χ0n) is 10.0. The van der Waals surface area contributed by atoms with Gasteiger partial charge in [0.15, 0.2) is 0 Å². The summed E-state index contributed by atoms with van der Waals surface area (Å²) in [4.78, 5) is 45.9. The minimum absolute atomic E-state index is 0.0386. The van der Waals surface area contributed by atoms with Crippen LogP contribution in [0.25, 0.3) is 0 Å². The second kappa shape index (κ2) is 6.34. The van der Waals surface area contributed by atoms with E-state index in [1.54, 1.807) is 0 Å². The fourth-order valence-corrected chi connectivity index (χ4v) is 1.39. The average molecular weight is 267 g/mol. The van der Waals surface area contributed by atoms with E-state index in [0.29, 0.717) is 0 Å². The number of carboxylic acids is 1. The van der Waals surface area contributed by atoms with Crippen LogP contribution in [0.2, 0.25) is 0 Å². The molecular formula is C11H13N3O5. The summed E-state index contributed by atoms with van der Waals surface area (Å²) >= 11 is 0. The monoisotopic (exact) mass is 267 g/mol. The lowest BCUT2D eigenvalue weighted by Gasteiger charge is -2.19. The van der Waals surface area contributed by atoms with Crippen molar-refractivity contribution in [2.24, 2.45) is 0 Å². The number of H-pyrrole nitrogens is 1. The van der Waals surface area contributed by atoms with Crippen LogP contribution >= 0.6 is 0 Å². The summed E-state index contributed by atoms with van der Waals surface area (Å²) < 4.78 is 0.822. The van der Waals surface area contributed by atoms with Gasteiger partial charge in [0, 0.05) is 18.7 Å². The van der Waals surface area contributed by atoms with E-state index < -0.39 is 36.1 Å². The van der Waals surface area contributed by atoms with Crippen molar-refractivity contribution in [3.8, 4) is 0 Å². The Labute approximate surface area is 107 Å². The Hall–Kier alpha value is -2.64. The van der Waals surface area contributed by atoms with Crippen LogP contribution in [0.15, 0.2) is 34.4 Å². The Bertz CT molecular complexity index is 601. The van der Waals surface area contributed by atoms with Crippen molar-refractivity contribution in [2.45, 2.75) is 6.54 Å².